The van der Waals surface area contributed by atoms with Crippen molar-refractivity contribution < 1.29 is 14.7 Å². The number of carboxylic acid groups (broad SMARTS) is 1. The molecule has 1 N–H and O–H groups in total. The van der Waals surface area contributed by atoms with Gasteiger partial charge in [0.1, 0.15) is 0 Å². The van der Waals surface area contributed by atoms with Gasteiger partial charge < -0.3 is 10.0 Å². The second-order valence-corrected chi connectivity index (χ2v) is 6.75. The number of aryl methyl sites for hydroxylation is 2. The van der Waals surface area contributed by atoms with E-state index in [1.165, 1.54) is 4.90 Å². The van der Waals surface area contributed by atoms with Crippen molar-refractivity contribution in [1.29, 1.82) is 0 Å². The summed E-state index contributed by atoms with van der Waals surface area (Å²) in [7, 11) is 3.41. The van der Waals surface area contributed by atoms with E-state index in [4.69, 9.17) is 10.1 Å². The van der Waals surface area contributed by atoms with Gasteiger partial charge in [0.05, 0.1) is 28.3 Å². The normalized spacial score (nSPS) is 12.1. The van der Waals surface area contributed by atoms with Crippen LogP contribution in [0.15, 0.2) is 36.4 Å². The molecule has 0 spiro atoms. The van der Waals surface area contributed by atoms with Gasteiger partial charge in [-0.2, -0.15) is 5.10 Å². The molecule has 1 amide bonds. The third-order valence-corrected chi connectivity index (χ3v) is 4.58. The summed E-state index contributed by atoms with van der Waals surface area (Å²) in [5, 5.41) is 14.2. The average Bonchev–Trinajstić information content (AvgIpc) is 2.95. The molecule has 0 aliphatic carbocycles. The van der Waals surface area contributed by atoms with Gasteiger partial charge in [0.15, 0.2) is 5.65 Å². The minimum absolute atomic E-state index is 0.123. The number of fused-ring (bicyclic) bond motifs is 1. The van der Waals surface area contributed by atoms with E-state index in [-0.39, 0.29) is 12.5 Å². The highest BCUT2D eigenvalue weighted by Crippen LogP contribution is 2.27. The maximum Gasteiger partial charge on any atom is 0.308 e. The van der Waals surface area contributed by atoms with Crippen LogP contribution in [0.3, 0.4) is 0 Å². The van der Waals surface area contributed by atoms with Gasteiger partial charge in [-0.05, 0) is 13.0 Å². The molecular formula is C20H22N4O3. The molecule has 3 rings (SSSR count). The number of carbonyl (C=O) groups excluding carboxylic acids is 1. The predicted molar refractivity (Wildman–Crippen MR) is 102 cm³/mol. The number of carboxylic acids is 1. The molecule has 7 nitrogen and oxygen atoms in total. The Bertz CT molecular complexity index is 1010. The number of nitrogens with zero attached hydrogens (tertiary/aromatic N) is 4. The smallest absolute Gasteiger partial charge is 0.308 e. The van der Waals surface area contributed by atoms with E-state index in [9.17, 15) is 9.59 Å². The number of benzene rings is 1. The summed E-state index contributed by atoms with van der Waals surface area (Å²) in [5.41, 5.74) is 3.38. The van der Waals surface area contributed by atoms with Gasteiger partial charge in [-0.15, -0.1) is 0 Å². The Kier molecular flexibility index (Phi) is 4.94. The summed E-state index contributed by atoms with van der Waals surface area (Å²) in [6.45, 7) is 3.54. The zero-order chi connectivity index (χ0) is 19.7. The number of hydrogen-bond acceptors (Lipinski definition) is 4. The SMILES string of the molecule is Cc1nn(C)c2nc(-c3ccccc3)cc(C(=O)N(C)CC(C)C(=O)O)c12. The lowest BCUT2D eigenvalue weighted by atomic mass is 10.0. The van der Waals surface area contributed by atoms with Gasteiger partial charge in [0, 0.05) is 26.2 Å². The summed E-state index contributed by atoms with van der Waals surface area (Å²) in [4.78, 5) is 30.4. The fourth-order valence-electron chi connectivity index (χ4n) is 3.15. The van der Waals surface area contributed by atoms with Crippen LogP contribution in [-0.4, -0.2) is 50.2 Å². The zero-order valence-electron chi connectivity index (χ0n) is 15.8. The summed E-state index contributed by atoms with van der Waals surface area (Å²) < 4.78 is 1.66. The molecule has 0 saturated carbocycles. The quantitative estimate of drug-likeness (QED) is 0.750. The van der Waals surface area contributed by atoms with Gasteiger partial charge in [-0.3, -0.25) is 14.3 Å². The third kappa shape index (κ3) is 3.53. The Morgan fingerprint density at radius 2 is 1.93 bits per heavy atom. The second-order valence-electron chi connectivity index (χ2n) is 6.75. The van der Waals surface area contributed by atoms with E-state index in [1.807, 2.05) is 37.3 Å². The van der Waals surface area contributed by atoms with E-state index >= 15 is 0 Å². The molecule has 0 radical (unpaired) electrons. The highest BCUT2D eigenvalue weighted by Gasteiger charge is 2.24. The number of carbonyl (C=O) groups is 2. The first-order valence-corrected chi connectivity index (χ1v) is 8.67. The molecule has 0 aliphatic rings. The number of rotatable bonds is 5. The summed E-state index contributed by atoms with van der Waals surface area (Å²) in [5.74, 6) is -1.83. The van der Waals surface area contributed by atoms with Crippen LogP contribution in [0.1, 0.15) is 23.0 Å². The Balaban J connectivity index is 2.13. The molecule has 140 valence electrons. The van der Waals surface area contributed by atoms with Crippen LogP contribution >= 0.6 is 0 Å². The minimum Gasteiger partial charge on any atom is -0.481 e. The minimum atomic E-state index is -0.933. The first-order valence-electron chi connectivity index (χ1n) is 8.67. The standard InChI is InChI=1S/C20H22N4O3/c1-12(20(26)27)11-23(3)19(25)15-10-16(14-8-6-5-7-9-14)21-18-17(15)13(2)22-24(18)4/h5-10,12H,11H2,1-4H3,(H,26,27). The summed E-state index contributed by atoms with van der Waals surface area (Å²) in [6.07, 6.45) is 0. The molecule has 0 aliphatic heterocycles. The molecule has 2 heterocycles. The third-order valence-electron chi connectivity index (χ3n) is 4.58. The van der Waals surface area contributed by atoms with E-state index < -0.39 is 11.9 Å². The fraction of sp³-hybridized carbons (Fsp3) is 0.300. The van der Waals surface area contributed by atoms with Gasteiger partial charge in [0.25, 0.3) is 5.91 Å². The number of aliphatic carboxylic acids is 1. The Morgan fingerprint density at radius 1 is 1.26 bits per heavy atom. The Labute approximate surface area is 157 Å². The molecule has 0 fully saturated rings. The number of pyridine rings is 1. The lowest BCUT2D eigenvalue weighted by Crippen LogP contribution is -2.33. The van der Waals surface area contributed by atoms with Crippen molar-refractivity contribution in [2.75, 3.05) is 13.6 Å². The molecule has 1 unspecified atom stereocenters. The van der Waals surface area contributed by atoms with E-state index in [2.05, 4.69) is 5.10 Å². The molecule has 1 aromatic carbocycles. The monoisotopic (exact) mass is 366 g/mol. The van der Waals surface area contributed by atoms with Gasteiger partial charge in [-0.25, -0.2) is 4.98 Å². The largest absolute Gasteiger partial charge is 0.481 e. The molecular weight excluding hydrogens is 344 g/mol. The van der Waals surface area contributed by atoms with Gasteiger partial charge >= 0.3 is 5.97 Å². The molecule has 2 aromatic heterocycles. The van der Waals surface area contributed by atoms with Crippen molar-refractivity contribution in [3.8, 4) is 11.3 Å². The van der Waals surface area contributed by atoms with Crippen LogP contribution in [0.5, 0.6) is 0 Å². The topological polar surface area (TPSA) is 88.3 Å². The maximum absolute atomic E-state index is 13.1. The van der Waals surface area contributed by atoms with Crippen molar-refractivity contribution in [3.63, 3.8) is 0 Å². The van der Waals surface area contributed by atoms with Gasteiger partial charge in [-0.1, -0.05) is 37.3 Å². The maximum atomic E-state index is 13.1. The van der Waals surface area contributed by atoms with Crippen molar-refractivity contribution in [1.82, 2.24) is 19.7 Å². The second kappa shape index (κ2) is 7.19. The van der Waals surface area contributed by atoms with Crippen LogP contribution in [0, 0.1) is 12.8 Å². The molecule has 1 atom stereocenters. The molecule has 0 saturated heterocycles. The van der Waals surface area contributed by atoms with Crippen molar-refractivity contribution in [2.24, 2.45) is 13.0 Å². The van der Waals surface area contributed by atoms with Crippen molar-refractivity contribution >= 4 is 22.9 Å². The number of amides is 1. The number of aromatic nitrogens is 3. The number of hydrogen-bond donors (Lipinski definition) is 1. The van der Waals surface area contributed by atoms with E-state index in [0.29, 0.717) is 28.0 Å². The van der Waals surface area contributed by atoms with E-state index in [1.54, 1.807) is 31.8 Å². The molecule has 0 bridgehead atoms. The van der Waals surface area contributed by atoms with Crippen LogP contribution < -0.4 is 0 Å². The Morgan fingerprint density at radius 3 is 2.56 bits per heavy atom. The lowest BCUT2D eigenvalue weighted by Gasteiger charge is -2.20. The first kappa shape index (κ1) is 18.6. The lowest BCUT2D eigenvalue weighted by molar-refractivity contribution is -0.141. The van der Waals surface area contributed by atoms with Crippen molar-refractivity contribution in [3.05, 3.63) is 47.7 Å². The van der Waals surface area contributed by atoms with Crippen LogP contribution in [-0.2, 0) is 11.8 Å². The van der Waals surface area contributed by atoms with E-state index in [0.717, 1.165) is 5.56 Å². The first-order chi connectivity index (χ1) is 12.8. The highest BCUT2D eigenvalue weighted by molar-refractivity contribution is 6.07. The zero-order valence-corrected chi connectivity index (χ0v) is 15.8. The molecule has 3 aromatic rings. The van der Waals surface area contributed by atoms with Crippen LogP contribution in [0.2, 0.25) is 0 Å². The fourth-order valence-corrected chi connectivity index (χ4v) is 3.15. The molecule has 7 heteroatoms. The highest BCUT2D eigenvalue weighted by atomic mass is 16.4. The van der Waals surface area contributed by atoms with Crippen LogP contribution in [0.25, 0.3) is 22.3 Å². The average molecular weight is 366 g/mol. The Hall–Kier alpha value is -3.22. The predicted octanol–water partition coefficient (Wildman–Crippen LogP) is 2.74. The molecule has 27 heavy (non-hydrogen) atoms. The van der Waals surface area contributed by atoms with Crippen LogP contribution in [0.4, 0.5) is 0 Å². The van der Waals surface area contributed by atoms with Crippen molar-refractivity contribution in [2.45, 2.75) is 13.8 Å². The van der Waals surface area contributed by atoms with Gasteiger partial charge in [0.2, 0.25) is 0 Å². The summed E-state index contributed by atoms with van der Waals surface area (Å²) >= 11 is 0. The summed E-state index contributed by atoms with van der Waals surface area (Å²) in [6, 6.07) is 11.4.